The minimum atomic E-state index is -4.22. The van der Waals surface area contributed by atoms with Gasteiger partial charge in [0, 0.05) is 94.9 Å². The lowest BCUT2D eigenvalue weighted by Crippen LogP contribution is -2.56. The van der Waals surface area contributed by atoms with E-state index in [0.29, 0.717) is 79.9 Å². The number of oxazole rings is 1. The number of anilines is 11. The molecule has 4 N–H and O–H groups in total. The maximum absolute atomic E-state index is 13.3. The Hall–Kier alpha value is -9.97. The number of nitrogens with zero attached hydrogens (tertiary/aromatic N) is 18. The van der Waals surface area contributed by atoms with Gasteiger partial charge in [-0.05, 0) is 113 Å². The molecule has 5 atom stereocenters. The molecular weight excluding hydrogens is 1190 g/mol. The number of aromatic nitrogens is 10. The van der Waals surface area contributed by atoms with Crippen molar-refractivity contribution in [2.75, 3.05) is 134 Å². The number of ether oxygens (including phenoxy) is 1. The fourth-order valence-corrected chi connectivity index (χ4v) is 13.5. The van der Waals surface area contributed by atoms with Crippen molar-refractivity contribution in [2.24, 2.45) is 5.92 Å². The van der Waals surface area contributed by atoms with Crippen LogP contribution in [0.1, 0.15) is 49.9 Å². The lowest BCUT2D eigenvalue weighted by Gasteiger charge is -2.46. The SMILES string of the molecule is Cc1cc(-c2ccc3c(n2)N(C(=O)Nc2nc4occ(C)n4n2)[C@H]2CCN3C2)ccn1.O=C(Nc1cccnc1)N1c2nc(N3CCOC[C@@H]3CO)ccc2N2CC[C@H]1C2.O=C(Nc1cnccn1)N1c2nc(N3CCC[C@H](C(F)(F)F)C3)ccc2N2CCC[C@H]1C2. The van der Waals surface area contributed by atoms with Crippen LogP contribution in [0.25, 0.3) is 17.1 Å². The quantitative estimate of drug-likeness (QED) is 0.118. The minimum absolute atomic E-state index is 0.00127. The van der Waals surface area contributed by atoms with Crippen molar-refractivity contribution in [3.05, 3.63) is 115 Å². The van der Waals surface area contributed by atoms with Crippen LogP contribution in [0, 0.1) is 19.8 Å². The van der Waals surface area contributed by atoms with Crippen LogP contribution in [0.3, 0.4) is 0 Å². The number of alkyl halides is 3. The first-order valence-electron chi connectivity index (χ1n) is 31.0. The van der Waals surface area contributed by atoms with Gasteiger partial charge >= 0.3 is 30.1 Å². The van der Waals surface area contributed by atoms with Gasteiger partial charge in [0.1, 0.15) is 17.9 Å². The van der Waals surface area contributed by atoms with Crippen molar-refractivity contribution in [1.82, 2.24) is 49.5 Å². The summed E-state index contributed by atoms with van der Waals surface area (Å²) in [5, 5.41) is 22.6. The molecule has 30 heteroatoms. The lowest BCUT2D eigenvalue weighted by molar-refractivity contribution is -0.176. The maximum Gasteiger partial charge on any atom is 0.393 e. The molecule has 8 aliphatic heterocycles. The average molecular weight is 1260 g/mol. The number of nitrogens with one attached hydrogen (secondary N) is 3. The molecule has 478 valence electrons. The van der Waals surface area contributed by atoms with E-state index in [2.05, 4.69) is 65.6 Å². The fourth-order valence-electron chi connectivity index (χ4n) is 13.5. The van der Waals surface area contributed by atoms with Gasteiger partial charge in [0.05, 0.1) is 96.4 Å². The number of hydrogen-bond donors (Lipinski definition) is 4. The van der Waals surface area contributed by atoms with Gasteiger partial charge < -0.3 is 44.1 Å². The number of aliphatic hydroxyl groups is 1. The van der Waals surface area contributed by atoms with E-state index in [1.54, 1.807) is 61.1 Å². The third kappa shape index (κ3) is 11.9. The van der Waals surface area contributed by atoms with Crippen molar-refractivity contribution >= 4 is 87.5 Å². The normalized spacial score (nSPS) is 21.1. The summed E-state index contributed by atoms with van der Waals surface area (Å²) in [5.41, 5.74) is 6.90. The first-order chi connectivity index (χ1) is 44.7. The van der Waals surface area contributed by atoms with Crippen LogP contribution in [0.4, 0.5) is 91.2 Å². The van der Waals surface area contributed by atoms with E-state index in [4.69, 9.17) is 24.1 Å². The number of hydrogen-bond acceptors (Lipinski definition) is 20. The third-order valence-electron chi connectivity index (χ3n) is 18.0. The van der Waals surface area contributed by atoms with E-state index < -0.39 is 12.1 Å². The Balaban J connectivity index is 0.000000120. The molecule has 0 aliphatic carbocycles. The van der Waals surface area contributed by atoms with E-state index in [1.807, 2.05) is 62.4 Å². The van der Waals surface area contributed by atoms with Crippen LogP contribution in [0.5, 0.6) is 0 Å². The number of piperidine rings is 2. The molecule has 5 fully saturated rings. The van der Waals surface area contributed by atoms with Crippen LogP contribution < -0.4 is 55.1 Å². The molecule has 8 aromatic heterocycles. The largest absolute Gasteiger partial charge is 0.430 e. The molecule has 27 nitrogen and oxygen atoms in total. The van der Waals surface area contributed by atoms with E-state index in [0.717, 1.165) is 104 Å². The highest BCUT2D eigenvalue weighted by Gasteiger charge is 2.45. The summed E-state index contributed by atoms with van der Waals surface area (Å²) in [6.45, 7) is 10.9. The first kappa shape index (κ1) is 59.6. The number of morpholine rings is 1. The predicted molar refractivity (Wildman–Crippen MR) is 338 cm³/mol. The van der Waals surface area contributed by atoms with E-state index >= 15 is 0 Å². The Kier molecular flexibility index (Phi) is 16.2. The number of rotatable bonds is 7. The van der Waals surface area contributed by atoms with Crippen LogP contribution in [-0.4, -0.2) is 182 Å². The molecule has 16 heterocycles. The third-order valence-corrected chi connectivity index (χ3v) is 18.0. The van der Waals surface area contributed by atoms with Crippen molar-refractivity contribution in [3.63, 3.8) is 0 Å². The number of aliphatic hydroxyl groups excluding tert-OH is 1. The standard InChI is InChI=1S/C21H24F3N7O.C21H20N8O2.C20H24N6O3/c22-21(23,24)14-3-1-10-30(12-14)18-6-5-16-19(28-18)31(15-4-2-9-29(16)13-15)20(32)27-17-11-25-7-8-26-17;1-12-9-14(5-7-22-12)16-3-4-17-18(23-16)28(15-6-8-27(17)10-15)20(30)24-19-25-21-29(26-19)13(2)11-31-21;27-12-16-13-29-9-8-25(16)18-4-3-17-19(23-18)26(15-5-7-24(17)11-15)20(28)22-14-2-1-6-21-10-14/h5-8,11,14-15H,1-4,9-10,12-13H2,(H,26,27,32);3-5,7,9,11,15H,6,8,10H2,1-2H3,(H,24,26,30);1-4,6,10,15-16,27H,5,7-9,11-13H2,(H,22,28)/t14-,15-;15-;15-,16-/m000/s1. The molecule has 0 radical (unpaired) electrons. The number of urea groups is 3. The Morgan fingerprint density at radius 2 is 1.29 bits per heavy atom. The summed E-state index contributed by atoms with van der Waals surface area (Å²) in [6, 6.07) is 18.3. The molecule has 0 spiro atoms. The van der Waals surface area contributed by atoms with Gasteiger partial charge in [0.2, 0.25) is 0 Å². The summed E-state index contributed by atoms with van der Waals surface area (Å²) in [6.07, 6.45) is 11.0. The van der Waals surface area contributed by atoms with Gasteiger partial charge in [-0.25, -0.2) is 34.3 Å². The Morgan fingerprint density at radius 1 is 0.641 bits per heavy atom. The predicted octanol–water partition coefficient (Wildman–Crippen LogP) is 8.00. The van der Waals surface area contributed by atoms with Gasteiger partial charge in [0.25, 0.3) is 5.95 Å². The van der Waals surface area contributed by atoms with Crippen molar-refractivity contribution in [2.45, 2.75) is 82.7 Å². The smallest absolute Gasteiger partial charge is 0.393 e. The van der Waals surface area contributed by atoms with E-state index in [9.17, 15) is 32.7 Å². The average Bonchev–Trinajstić information content (AvgIpc) is 1.44. The Morgan fingerprint density at radius 3 is 1.98 bits per heavy atom. The fraction of sp³-hybridized carbons (Fsp3) is 0.419. The topological polar surface area (TPSA) is 276 Å². The number of carbonyl (C=O) groups is 3. The molecule has 6 amide bonds. The highest BCUT2D eigenvalue weighted by atomic mass is 19.4. The van der Waals surface area contributed by atoms with Gasteiger partial charge in [-0.2, -0.15) is 22.7 Å². The second-order valence-electron chi connectivity index (χ2n) is 23.9. The number of fused-ring (bicyclic) bond motifs is 13. The summed E-state index contributed by atoms with van der Waals surface area (Å²) < 4.78 is 52.3. The number of aryl methyl sites for hydroxylation is 2. The van der Waals surface area contributed by atoms with Gasteiger partial charge in [0.15, 0.2) is 23.3 Å². The van der Waals surface area contributed by atoms with Crippen molar-refractivity contribution in [1.29, 1.82) is 0 Å². The van der Waals surface area contributed by atoms with Gasteiger partial charge in [-0.1, -0.05) is 0 Å². The Labute approximate surface area is 526 Å². The van der Waals surface area contributed by atoms with Crippen molar-refractivity contribution in [3.8, 4) is 11.3 Å². The summed E-state index contributed by atoms with van der Waals surface area (Å²) in [7, 11) is 0. The number of carbonyl (C=O) groups excluding carboxylic acids is 3. The van der Waals surface area contributed by atoms with Crippen LogP contribution in [-0.2, 0) is 4.74 Å². The molecule has 8 aliphatic rings. The van der Waals surface area contributed by atoms with Crippen LogP contribution in [0.15, 0.2) is 109 Å². The van der Waals surface area contributed by atoms with E-state index in [-0.39, 0.29) is 67.8 Å². The minimum Gasteiger partial charge on any atom is -0.430 e. The first-order valence-corrected chi connectivity index (χ1v) is 31.0. The lowest BCUT2D eigenvalue weighted by atomic mass is 9.97. The zero-order valence-corrected chi connectivity index (χ0v) is 50.6. The number of pyridine rings is 5. The second kappa shape index (κ2) is 25.0. The summed E-state index contributed by atoms with van der Waals surface area (Å²) >= 11 is 0. The van der Waals surface area contributed by atoms with E-state index in [1.165, 1.54) is 18.6 Å². The molecule has 0 unspecified atom stereocenters. The summed E-state index contributed by atoms with van der Waals surface area (Å²) in [4.78, 5) is 90.6. The monoisotopic (exact) mass is 1260 g/mol. The number of amides is 6. The van der Waals surface area contributed by atoms with Crippen LogP contribution >= 0.6 is 0 Å². The van der Waals surface area contributed by atoms with Crippen molar-refractivity contribution < 1.29 is 41.8 Å². The maximum atomic E-state index is 13.3. The second-order valence-corrected chi connectivity index (χ2v) is 23.9. The highest BCUT2D eigenvalue weighted by Crippen LogP contribution is 2.44. The molecule has 92 heavy (non-hydrogen) atoms. The molecule has 8 aromatic rings. The summed E-state index contributed by atoms with van der Waals surface area (Å²) in [5.74, 6) is 2.53. The van der Waals surface area contributed by atoms with Crippen LogP contribution in [0.2, 0.25) is 0 Å². The molecule has 16 rings (SSSR count). The van der Waals surface area contributed by atoms with Gasteiger partial charge in [-0.15, -0.1) is 5.10 Å². The molecular formula is C62H68F3N21O6. The molecule has 0 aromatic carbocycles. The molecule has 6 bridgehead atoms. The zero-order valence-electron chi connectivity index (χ0n) is 50.6. The Bertz CT molecular complexity index is 4010. The zero-order chi connectivity index (χ0) is 63.2. The van der Waals surface area contributed by atoms with Gasteiger partial charge in [-0.3, -0.25) is 40.3 Å². The molecule has 5 saturated heterocycles. The number of halogens is 3. The molecule has 0 saturated carbocycles. The highest BCUT2D eigenvalue weighted by molar-refractivity contribution is 6.06.